The Balaban J connectivity index is 1.49. The van der Waals surface area contributed by atoms with E-state index < -0.39 is 0 Å². The van der Waals surface area contributed by atoms with Crippen LogP contribution in [-0.4, -0.2) is 23.1 Å². The summed E-state index contributed by atoms with van der Waals surface area (Å²) in [5, 5.41) is 0. The van der Waals surface area contributed by atoms with Crippen LogP contribution in [0.5, 0.6) is 0 Å². The number of hydrogen-bond acceptors (Lipinski definition) is 2. The Morgan fingerprint density at radius 3 is 2.41 bits per heavy atom. The monoisotopic (exact) mass is 389 g/mol. The summed E-state index contributed by atoms with van der Waals surface area (Å²) in [4.78, 5) is 14.8. The number of nitrogens with zero attached hydrogens (tertiary/aromatic N) is 1. The zero-order chi connectivity index (χ0) is 20.4. The molecule has 2 aromatic rings. The molecule has 0 spiro atoms. The van der Waals surface area contributed by atoms with Crippen LogP contribution in [-0.2, 0) is 16.8 Å². The third-order valence-corrected chi connectivity index (χ3v) is 6.17. The largest absolute Gasteiger partial charge is 0.445 e. The van der Waals surface area contributed by atoms with Gasteiger partial charge in [0.05, 0.1) is 6.04 Å². The molecule has 0 saturated carbocycles. The van der Waals surface area contributed by atoms with E-state index in [9.17, 15) is 4.79 Å². The summed E-state index contributed by atoms with van der Waals surface area (Å²) >= 11 is 0. The highest BCUT2D eigenvalue weighted by Crippen LogP contribution is 2.38. The maximum Gasteiger partial charge on any atom is 0.410 e. The third-order valence-electron chi connectivity index (χ3n) is 6.17. The topological polar surface area (TPSA) is 29.5 Å². The van der Waals surface area contributed by atoms with Gasteiger partial charge in [-0.2, -0.15) is 0 Å². The molecule has 1 amide bonds. The van der Waals surface area contributed by atoms with Crippen molar-refractivity contribution in [1.82, 2.24) is 4.90 Å². The molecule has 2 aliphatic heterocycles. The van der Waals surface area contributed by atoms with Crippen LogP contribution in [0, 0.1) is 0 Å². The minimum absolute atomic E-state index is 0.142. The van der Waals surface area contributed by atoms with Gasteiger partial charge in [0.15, 0.2) is 0 Å². The SMILES string of the molecule is CC(C)(C)c1ccc(C2=CC3CCCC(C2)N3C(=O)OCc2ccccc2)cc1. The first-order valence-electron chi connectivity index (χ1n) is 10.7. The van der Waals surface area contributed by atoms with E-state index in [1.165, 1.54) is 23.1 Å². The Kier molecular flexibility index (Phi) is 5.49. The summed E-state index contributed by atoms with van der Waals surface area (Å²) in [5.74, 6) is 0. The number of carbonyl (C=O) groups excluding carboxylic acids is 1. The lowest BCUT2D eigenvalue weighted by Crippen LogP contribution is -2.51. The fourth-order valence-electron chi connectivity index (χ4n) is 4.51. The van der Waals surface area contributed by atoms with Crippen LogP contribution >= 0.6 is 0 Å². The molecule has 29 heavy (non-hydrogen) atoms. The molecule has 0 aromatic heterocycles. The van der Waals surface area contributed by atoms with Crippen LogP contribution in [0.2, 0.25) is 0 Å². The van der Waals surface area contributed by atoms with Gasteiger partial charge in [-0.3, -0.25) is 4.90 Å². The van der Waals surface area contributed by atoms with Gasteiger partial charge in [0.2, 0.25) is 0 Å². The second kappa shape index (κ2) is 8.06. The molecule has 2 atom stereocenters. The molecule has 2 heterocycles. The first-order valence-corrected chi connectivity index (χ1v) is 10.7. The molecule has 1 saturated heterocycles. The number of rotatable bonds is 3. The fraction of sp³-hybridized carbons (Fsp3) is 0.423. The lowest BCUT2D eigenvalue weighted by Gasteiger charge is -2.44. The van der Waals surface area contributed by atoms with Crippen molar-refractivity contribution < 1.29 is 9.53 Å². The number of benzene rings is 2. The lowest BCUT2D eigenvalue weighted by molar-refractivity contribution is 0.0510. The lowest BCUT2D eigenvalue weighted by atomic mass is 9.81. The van der Waals surface area contributed by atoms with Crippen molar-refractivity contribution in [2.24, 2.45) is 0 Å². The number of hydrogen-bond donors (Lipinski definition) is 0. The Hall–Kier alpha value is -2.55. The van der Waals surface area contributed by atoms with Crippen LogP contribution in [0.4, 0.5) is 4.79 Å². The van der Waals surface area contributed by atoms with Gasteiger partial charge in [-0.05, 0) is 53.4 Å². The van der Waals surface area contributed by atoms with Crippen molar-refractivity contribution in [1.29, 1.82) is 0 Å². The van der Waals surface area contributed by atoms with Crippen LogP contribution in [0.1, 0.15) is 63.1 Å². The number of carbonyl (C=O) groups is 1. The molecule has 2 aromatic carbocycles. The second-order valence-electron chi connectivity index (χ2n) is 9.32. The molecule has 3 heteroatoms. The first kappa shape index (κ1) is 19.8. The molecular weight excluding hydrogens is 358 g/mol. The van der Waals surface area contributed by atoms with Gasteiger partial charge in [0, 0.05) is 6.04 Å². The van der Waals surface area contributed by atoms with Crippen molar-refractivity contribution >= 4 is 11.7 Å². The number of fused-ring (bicyclic) bond motifs is 2. The van der Waals surface area contributed by atoms with E-state index >= 15 is 0 Å². The van der Waals surface area contributed by atoms with Gasteiger partial charge in [0.25, 0.3) is 0 Å². The molecule has 1 fully saturated rings. The summed E-state index contributed by atoms with van der Waals surface area (Å²) in [7, 11) is 0. The molecule has 152 valence electrons. The molecule has 4 rings (SSSR count). The van der Waals surface area contributed by atoms with Crippen LogP contribution < -0.4 is 0 Å². The van der Waals surface area contributed by atoms with Crippen LogP contribution in [0.3, 0.4) is 0 Å². The van der Waals surface area contributed by atoms with Crippen molar-refractivity contribution in [3.05, 3.63) is 77.4 Å². The average Bonchev–Trinajstić information content (AvgIpc) is 2.71. The molecule has 2 aliphatic rings. The predicted octanol–water partition coefficient (Wildman–Crippen LogP) is 6.33. The molecular formula is C26H31NO2. The van der Waals surface area contributed by atoms with Gasteiger partial charge in [-0.1, -0.05) is 81.4 Å². The maximum atomic E-state index is 12.9. The van der Waals surface area contributed by atoms with Crippen molar-refractivity contribution in [2.45, 2.75) is 70.6 Å². The minimum Gasteiger partial charge on any atom is -0.445 e. The van der Waals surface area contributed by atoms with Gasteiger partial charge in [-0.15, -0.1) is 0 Å². The standard InChI is InChI=1S/C26H31NO2/c1-26(2,3)22-14-12-20(13-15-22)21-16-23-10-7-11-24(17-21)27(23)25(28)29-18-19-8-5-4-6-9-19/h4-6,8-9,12-16,23-24H,7,10-11,17-18H2,1-3H3. The average molecular weight is 390 g/mol. The highest BCUT2D eigenvalue weighted by molar-refractivity contribution is 5.74. The van der Waals surface area contributed by atoms with Crippen LogP contribution in [0.25, 0.3) is 5.57 Å². The Morgan fingerprint density at radius 1 is 1.03 bits per heavy atom. The van der Waals surface area contributed by atoms with Crippen molar-refractivity contribution in [3.8, 4) is 0 Å². The van der Waals surface area contributed by atoms with E-state index in [1.807, 2.05) is 35.2 Å². The van der Waals surface area contributed by atoms with Gasteiger partial charge < -0.3 is 4.74 Å². The van der Waals surface area contributed by atoms with E-state index in [-0.39, 0.29) is 23.6 Å². The van der Waals surface area contributed by atoms with Gasteiger partial charge in [0.1, 0.15) is 6.61 Å². The number of piperidine rings is 1. The summed E-state index contributed by atoms with van der Waals surface area (Å²) in [5.41, 5.74) is 5.19. The smallest absolute Gasteiger partial charge is 0.410 e. The van der Waals surface area contributed by atoms with Crippen molar-refractivity contribution in [2.75, 3.05) is 0 Å². The zero-order valence-electron chi connectivity index (χ0n) is 17.7. The minimum atomic E-state index is -0.179. The van der Waals surface area contributed by atoms with E-state index in [4.69, 9.17) is 4.74 Å². The predicted molar refractivity (Wildman–Crippen MR) is 118 cm³/mol. The fourth-order valence-corrected chi connectivity index (χ4v) is 4.51. The van der Waals surface area contributed by atoms with E-state index in [1.54, 1.807) is 0 Å². The number of amides is 1. The number of ether oxygens (including phenoxy) is 1. The summed E-state index contributed by atoms with van der Waals surface area (Å²) < 4.78 is 5.66. The van der Waals surface area contributed by atoms with Crippen molar-refractivity contribution in [3.63, 3.8) is 0 Å². The third kappa shape index (κ3) is 4.39. The van der Waals surface area contributed by atoms with Crippen LogP contribution in [0.15, 0.2) is 60.7 Å². The van der Waals surface area contributed by atoms with E-state index in [2.05, 4.69) is 51.1 Å². The summed E-state index contributed by atoms with van der Waals surface area (Å²) in [6, 6.07) is 19.2. The maximum absolute atomic E-state index is 12.9. The quantitative estimate of drug-likeness (QED) is 0.614. The van der Waals surface area contributed by atoms with Gasteiger partial charge in [-0.25, -0.2) is 4.79 Å². The van der Waals surface area contributed by atoms with E-state index in [0.717, 1.165) is 24.8 Å². The molecule has 0 radical (unpaired) electrons. The highest BCUT2D eigenvalue weighted by Gasteiger charge is 2.38. The Labute approximate surface area is 174 Å². The summed E-state index contributed by atoms with van der Waals surface area (Å²) in [6.45, 7) is 7.06. The molecule has 0 N–H and O–H groups in total. The highest BCUT2D eigenvalue weighted by atomic mass is 16.6. The second-order valence-corrected chi connectivity index (χ2v) is 9.32. The summed E-state index contributed by atoms with van der Waals surface area (Å²) in [6.07, 6.45) is 6.26. The molecule has 3 nitrogen and oxygen atoms in total. The molecule has 2 unspecified atom stereocenters. The van der Waals surface area contributed by atoms with Gasteiger partial charge >= 0.3 is 6.09 Å². The Morgan fingerprint density at radius 2 is 1.76 bits per heavy atom. The normalized spacial score (nSPS) is 21.5. The molecule has 2 bridgehead atoms. The molecule has 0 aliphatic carbocycles. The zero-order valence-corrected chi connectivity index (χ0v) is 17.7. The van der Waals surface area contributed by atoms with E-state index in [0.29, 0.717) is 6.61 Å². The first-order chi connectivity index (χ1) is 13.9. The Bertz CT molecular complexity index is 877.